The molecule has 41 heavy (non-hydrogen) atoms. The van der Waals surface area contributed by atoms with Gasteiger partial charge in [-0.05, 0) is 5.56 Å². The first kappa shape index (κ1) is 33.4. The van der Waals surface area contributed by atoms with E-state index in [2.05, 4.69) is 5.32 Å². The predicted octanol–water partition coefficient (Wildman–Crippen LogP) is 1.91. The van der Waals surface area contributed by atoms with Gasteiger partial charge in [0.15, 0.2) is 6.10 Å². The summed E-state index contributed by atoms with van der Waals surface area (Å²) in [7, 11) is 9.34. The molecular formula is C29H45NO11. The van der Waals surface area contributed by atoms with E-state index in [-0.39, 0.29) is 19.8 Å². The van der Waals surface area contributed by atoms with Gasteiger partial charge in [-0.2, -0.15) is 0 Å². The second-order valence-electron chi connectivity index (χ2n) is 9.65. The maximum Gasteiger partial charge on any atom is 0.407 e. The number of hydrogen-bond acceptors (Lipinski definition) is 11. The van der Waals surface area contributed by atoms with Crippen LogP contribution in [0.15, 0.2) is 42.5 Å². The molecule has 12 nitrogen and oxygen atoms in total. The first-order valence-corrected chi connectivity index (χ1v) is 13.6. The van der Waals surface area contributed by atoms with Crippen LogP contribution >= 0.6 is 0 Å². The van der Waals surface area contributed by atoms with E-state index in [1.807, 2.05) is 42.5 Å². The fourth-order valence-electron chi connectivity index (χ4n) is 5.24. The quantitative estimate of drug-likeness (QED) is 0.474. The third kappa shape index (κ3) is 8.93. The van der Waals surface area contributed by atoms with Crippen molar-refractivity contribution in [1.29, 1.82) is 0 Å². The van der Waals surface area contributed by atoms with Gasteiger partial charge in [-0.3, -0.25) is 0 Å². The van der Waals surface area contributed by atoms with Gasteiger partial charge >= 0.3 is 6.09 Å². The van der Waals surface area contributed by atoms with Gasteiger partial charge in [0.1, 0.15) is 48.8 Å². The molecule has 2 aliphatic heterocycles. The molecule has 0 unspecified atom stereocenters. The lowest BCUT2D eigenvalue weighted by molar-refractivity contribution is -0.246. The summed E-state index contributed by atoms with van der Waals surface area (Å²) in [5.74, 6) is 0. The van der Waals surface area contributed by atoms with Crippen LogP contribution in [-0.2, 0) is 47.4 Å². The zero-order chi connectivity index (χ0) is 29.6. The molecule has 12 heteroatoms. The van der Waals surface area contributed by atoms with Crippen molar-refractivity contribution in [1.82, 2.24) is 5.32 Å². The van der Waals surface area contributed by atoms with E-state index in [0.29, 0.717) is 13.2 Å². The van der Waals surface area contributed by atoms with Crippen LogP contribution in [0.3, 0.4) is 0 Å². The highest BCUT2D eigenvalue weighted by atomic mass is 16.6. The summed E-state index contributed by atoms with van der Waals surface area (Å²) in [6, 6.07) is 9.71. The standard InChI is InChI=1S/C29H45NO11/c1-32-20-16-30-29(31)41-26-22(40-23(19-12-8-7-9-13-19)27(36-5)28(26)37-6)18-39-15-11-10-14-38-17-21(33-2)25(35-4)24(20)34-3/h7-13,20-28H,14-18H2,1-6H3,(H,30,31)/b11-10-/t20-,21+,22+,23-,24+,25+,26+,27-,28-/m0/s1. The predicted molar refractivity (Wildman–Crippen MR) is 148 cm³/mol. The summed E-state index contributed by atoms with van der Waals surface area (Å²) in [6.07, 6.45) is -2.30. The second-order valence-corrected chi connectivity index (χ2v) is 9.65. The Morgan fingerprint density at radius 3 is 1.88 bits per heavy atom. The number of methoxy groups -OCH3 is 6. The third-order valence-electron chi connectivity index (χ3n) is 7.36. The van der Waals surface area contributed by atoms with Gasteiger partial charge in [0, 0.05) is 49.2 Å². The maximum absolute atomic E-state index is 13.2. The number of amides is 1. The molecule has 1 amide bonds. The molecule has 0 spiro atoms. The number of fused-ring (bicyclic) bond motifs is 1. The van der Waals surface area contributed by atoms with Crippen molar-refractivity contribution in [2.75, 3.05) is 75.6 Å². The van der Waals surface area contributed by atoms with E-state index in [1.165, 1.54) is 7.11 Å². The Morgan fingerprint density at radius 2 is 1.29 bits per heavy atom. The number of carbonyl (C=O) groups excluding carboxylic acids is 1. The average molecular weight is 584 g/mol. The summed E-state index contributed by atoms with van der Waals surface area (Å²) >= 11 is 0. The monoisotopic (exact) mass is 583 g/mol. The molecule has 9 atom stereocenters. The van der Waals surface area contributed by atoms with Crippen LogP contribution in [-0.4, -0.2) is 131 Å². The highest BCUT2D eigenvalue weighted by Crippen LogP contribution is 2.36. The Kier molecular flexibility index (Phi) is 14.4. The number of hydrogen-bond donors (Lipinski definition) is 1. The Hall–Kier alpha value is -2.13. The lowest BCUT2D eigenvalue weighted by Gasteiger charge is -2.45. The van der Waals surface area contributed by atoms with Crippen molar-refractivity contribution in [3.05, 3.63) is 48.0 Å². The van der Waals surface area contributed by atoms with Crippen LogP contribution in [0.1, 0.15) is 11.7 Å². The molecule has 1 saturated heterocycles. The lowest BCUT2D eigenvalue weighted by atomic mass is 9.90. The minimum atomic E-state index is -0.833. The highest BCUT2D eigenvalue weighted by molar-refractivity contribution is 5.67. The molecule has 0 saturated carbocycles. The molecule has 232 valence electrons. The lowest BCUT2D eigenvalue weighted by Crippen LogP contribution is -2.59. The second kappa shape index (κ2) is 17.7. The molecule has 2 aliphatic rings. The number of nitrogens with one attached hydrogen (secondary N) is 1. The number of rotatable bonds is 7. The van der Waals surface area contributed by atoms with Gasteiger partial charge < -0.3 is 52.7 Å². The molecule has 0 radical (unpaired) electrons. The number of carbonyl (C=O) groups is 1. The Labute approximate surface area is 242 Å². The van der Waals surface area contributed by atoms with Crippen LogP contribution in [0.4, 0.5) is 4.79 Å². The van der Waals surface area contributed by atoms with Crippen LogP contribution in [0, 0.1) is 0 Å². The molecule has 1 N–H and O–H groups in total. The SMILES string of the molecule is CO[C@@H]1[C@@H](OC)[C@H](c2ccccc2)O[C@@H]2COC/C=C\COC[C@@H](OC)[C@@H](OC)[C@H](OC)[C@@H](OC)CNC(=O)O[C@@H]12. The first-order valence-electron chi connectivity index (χ1n) is 13.6. The zero-order valence-corrected chi connectivity index (χ0v) is 24.8. The summed E-state index contributed by atoms with van der Waals surface area (Å²) in [5, 5.41) is 2.79. The molecule has 1 fully saturated rings. The molecule has 2 heterocycles. The molecule has 0 bridgehead atoms. The fraction of sp³-hybridized carbons (Fsp3) is 0.690. The van der Waals surface area contributed by atoms with Gasteiger partial charge in [0.05, 0.1) is 26.4 Å². The summed E-state index contributed by atoms with van der Waals surface area (Å²) in [5.41, 5.74) is 0.913. The van der Waals surface area contributed by atoms with Crippen LogP contribution in [0.5, 0.6) is 0 Å². The van der Waals surface area contributed by atoms with Gasteiger partial charge in [0.2, 0.25) is 0 Å². The maximum atomic E-state index is 13.2. The van der Waals surface area contributed by atoms with Gasteiger partial charge in [-0.25, -0.2) is 4.79 Å². The van der Waals surface area contributed by atoms with Crippen molar-refractivity contribution in [2.24, 2.45) is 0 Å². The van der Waals surface area contributed by atoms with Crippen LogP contribution < -0.4 is 5.32 Å². The first-order chi connectivity index (χ1) is 20.0. The fourth-order valence-corrected chi connectivity index (χ4v) is 5.24. The van der Waals surface area contributed by atoms with Crippen molar-refractivity contribution < 1.29 is 52.2 Å². The van der Waals surface area contributed by atoms with E-state index in [4.69, 9.17) is 47.4 Å². The largest absolute Gasteiger partial charge is 0.440 e. The van der Waals surface area contributed by atoms with Crippen molar-refractivity contribution in [3.63, 3.8) is 0 Å². The van der Waals surface area contributed by atoms with E-state index >= 15 is 0 Å². The van der Waals surface area contributed by atoms with Crippen molar-refractivity contribution in [2.45, 2.75) is 54.9 Å². The Morgan fingerprint density at radius 1 is 0.707 bits per heavy atom. The minimum Gasteiger partial charge on any atom is -0.440 e. The van der Waals surface area contributed by atoms with Gasteiger partial charge in [-0.1, -0.05) is 42.5 Å². The molecule has 3 rings (SSSR count). The summed E-state index contributed by atoms with van der Waals surface area (Å²) in [4.78, 5) is 13.2. The van der Waals surface area contributed by atoms with E-state index < -0.39 is 61.0 Å². The summed E-state index contributed by atoms with van der Waals surface area (Å²) in [6.45, 7) is 1.13. The smallest absolute Gasteiger partial charge is 0.407 e. The van der Waals surface area contributed by atoms with Crippen LogP contribution in [0.25, 0.3) is 0 Å². The van der Waals surface area contributed by atoms with E-state index in [1.54, 1.807) is 35.5 Å². The molecule has 1 aromatic carbocycles. The topological polar surface area (TPSA) is 121 Å². The third-order valence-corrected chi connectivity index (χ3v) is 7.36. The van der Waals surface area contributed by atoms with Crippen molar-refractivity contribution in [3.8, 4) is 0 Å². The molecular weight excluding hydrogens is 538 g/mol. The van der Waals surface area contributed by atoms with Crippen LogP contribution in [0.2, 0.25) is 0 Å². The Bertz CT molecular complexity index is 904. The number of alkyl carbamates (subject to hydrolysis) is 1. The van der Waals surface area contributed by atoms with E-state index in [0.717, 1.165) is 5.56 Å². The summed E-state index contributed by atoms with van der Waals surface area (Å²) < 4.78 is 58.6. The minimum absolute atomic E-state index is 0.0699. The molecule has 1 aromatic rings. The zero-order valence-electron chi connectivity index (χ0n) is 24.8. The number of benzene rings is 1. The Balaban J connectivity index is 1.87. The van der Waals surface area contributed by atoms with Gasteiger partial charge in [-0.15, -0.1) is 0 Å². The number of ether oxygens (including phenoxy) is 10. The highest BCUT2D eigenvalue weighted by Gasteiger charge is 2.49. The molecule has 0 aliphatic carbocycles. The molecule has 0 aromatic heterocycles. The van der Waals surface area contributed by atoms with E-state index in [9.17, 15) is 4.79 Å². The average Bonchev–Trinajstić information content (AvgIpc) is 3.00. The van der Waals surface area contributed by atoms with Crippen molar-refractivity contribution >= 4 is 6.09 Å². The van der Waals surface area contributed by atoms with Gasteiger partial charge in [0.25, 0.3) is 0 Å². The normalized spacial score (nSPS) is 35.3.